The van der Waals surface area contributed by atoms with Crippen LogP contribution in [0.4, 0.5) is 13.2 Å². The second-order valence-electron chi connectivity index (χ2n) is 3.60. The third-order valence-electron chi connectivity index (χ3n) is 2.14. The molecule has 0 aliphatic heterocycles. The highest BCUT2D eigenvalue weighted by Crippen LogP contribution is 2.21. The first-order valence-electron chi connectivity index (χ1n) is 5.24. The minimum atomic E-state index is -4.02. The third kappa shape index (κ3) is 6.40. The van der Waals surface area contributed by atoms with Gasteiger partial charge in [0.2, 0.25) is 0 Å². The van der Waals surface area contributed by atoms with E-state index in [-0.39, 0.29) is 6.42 Å². The number of pyridine rings is 1. The van der Waals surface area contributed by atoms with Crippen LogP contribution in [0.5, 0.6) is 0 Å². The fourth-order valence-electron chi connectivity index (χ4n) is 1.31. The number of rotatable bonds is 6. The van der Waals surface area contributed by atoms with E-state index in [0.29, 0.717) is 19.5 Å². The summed E-state index contributed by atoms with van der Waals surface area (Å²) in [6, 6.07) is 3.76. The molecular formula is C11H15F3N2. The first kappa shape index (κ1) is 13.0. The summed E-state index contributed by atoms with van der Waals surface area (Å²) >= 11 is 0. The van der Waals surface area contributed by atoms with Crippen LogP contribution in [0.2, 0.25) is 0 Å². The van der Waals surface area contributed by atoms with Crippen molar-refractivity contribution in [2.45, 2.75) is 32.0 Å². The van der Waals surface area contributed by atoms with Crippen LogP contribution in [-0.4, -0.2) is 17.7 Å². The zero-order valence-electron chi connectivity index (χ0n) is 8.93. The van der Waals surface area contributed by atoms with Crippen LogP contribution >= 0.6 is 0 Å². The quantitative estimate of drug-likeness (QED) is 0.763. The first-order valence-corrected chi connectivity index (χ1v) is 5.24. The van der Waals surface area contributed by atoms with Gasteiger partial charge in [0.05, 0.1) is 0 Å². The molecular weight excluding hydrogens is 217 g/mol. The number of alkyl halides is 3. The number of unbranched alkanes of at least 4 members (excludes halogenated alkanes) is 1. The zero-order chi connectivity index (χ0) is 11.9. The molecule has 0 saturated heterocycles. The molecule has 0 bridgehead atoms. The molecule has 2 nitrogen and oxygen atoms in total. The Bertz CT molecular complexity index is 285. The molecule has 0 saturated carbocycles. The Hall–Kier alpha value is -1.10. The maximum atomic E-state index is 11.8. The van der Waals surface area contributed by atoms with Crippen LogP contribution < -0.4 is 5.32 Å². The second-order valence-corrected chi connectivity index (χ2v) is 3.60. The van der Waals surface area contributed by atoms with Crippen LogP contribution in [0, 0.1) is 0 Å². The van der Waals surface area contributed by atoms with E-state index in [1.165, 1.54) is 0 Å². The molecule has 0 spiro atoms. The fraction of sp³-hybridized carbons (Fsp3) is 0.545. The molecule has 1 rings (SSSR count). The number of nitrogens with one attached hydrogen (secondary N) is 1. The number of aromatic nitrogens is 1. The van der Waals surface area contributed by atoms with Crippen molar-refractivity contribution in [3.05, 3.63) is 30.1 Å². The Morgan fingerprint density at radius 3 is 2.44 bits per heavy atom. The van der Waals surface area contributed by atoms with E-state index in [4.69, 9.17) is 0 Å². The molecule has 0 aliphatic carbocycles. The van der Waals surface area contributed by atoms with E-state index < -0.39 is 12.6 Å². The van der Waals surface area contributed by atoms with Crippen molar-refractivity contribution in [3.63, 3.8) is 0 Å². The van der Waals surface area contributed by atoms with Crippen molar-refractivity contribution in [3.8, 4) is 0 Å². The maximum Gasteiger partial charge on any atom is 0.389 e. The minimum Gasteiger partial charge on any atom is -0.313 e. The van der Waals surface area contributed by atoms with E-state index in [2.05, 4.69) is 10.3 Å². The van der Waals surface area contributed by atoms with Gasteiger partial charge >= 0.3 is 6.18 Å². The van der Waals surface area contributed by atoms with E-state index >= 15 is 0 Å². The van der Waals surface area contributed by atoms with Gasteiger partial charge in [0.25, 0.3) is 0 Å². The molecule has 1 N–H and O–H groups in total. The van der Waals surface area contributed by atoms with Crippen molar-refractivity contribution < 1.29 is 13.2 Å². The standard InChI is InChI=1S/C11H15F3N2/c12-11(13,14)5-1-2-6-16-9-10-3-7-15-8-4-10/h3-4,7-8,16H,1-2,5-6,9H2. The number of halogens is 3. The summed E-state index contributed by atoms with van der Waals surface area (Å²) in [5.41, 5.74) is 1.09. The molecule has 0 fully saturated rings. The van der Waals surface area contributed by atoms with Crippen molar-refractivity contribution in [2.75, 3.05) is 6.54 Å². The normalized spacial score (nSPS) is 11.7. The molecule has 0 aliphatic rings. The number of hydrogen-bond acceptors (Lipinski definition) is 2. The highest BCUT2D eigenvalue weighted by atomic mass is 19.4. The summed E-state index contributed by atoms with van der Waals surface area (Å²) in [6.07, 6.45) is -0.589. The Kier molecular flexibility index (Phi) is 5.25. The van der Waals surface area contributed by atoms with E-state index in [1.807, 2.05) is 12.1 Å². The molecule has 1 aromatic heterocycles. The summed E-state index contributed by atoms with van der Waals surface area (Å²) in [5, 5.41) is 3.09. The van der Waals surface area contributed by atoms with Crippen LogP contribution in [0.15, 0.2) is 24.5 Å². The van der Waals surface area contributed by atoms with Crippen molar-refractivity contribution in [1.82, 2.24) is 10.3 Å². The van der Waals surface area contributed by atoms with Gasteiger partial charge < -0.3 is 5.32 Å². The average molecular weight is 232 g/mol. The Labute approximate surface area is 92.9 Å². The van der Waals surface area contributed by atoms with Crippen LogP contribution in [0.3, 0.4) is 0 Å². The van der Waals surface area contributed by atoms with Gasteiger partial charge in [-0.15, -0.1) is 0 Å². The fourth-order valence-corrected chi connectivity index (χ4v) is 1.31. The van der Waals surface area contributed by atoms with Crippen LogP contribution in [0.1, 0.15) is 24.8 Å². The van der Waals surface area contributed by atoms with E-state index in [9.17, 15) is 13.2 Å². The molecule has 0 atom stereocenters. The van der Waals surface area contributed by atoms with Crippen molar-refractivity contribution in [2.24, 2.45) is 0 Å². The van der Waals surface area contributed by atoms with Crippen LogP contribution in [0.25, 0.3) is 0 Å². The van der Waals surface area contributed by atoms with Gasteiger partial charge in [-0.05, 0) is 37.1 Å². The molecule has 1 heterocycles. The Balaban J connectivity index is 2.01. The average Bonchev–Trinajstić information content (AvgIpc) is 2.23. The van der Waals surface area contributed by atoms with Gasteiger partial charge in [0.1, 0.15) is 0 Å². The molecule has 0 aromatic carbocycles. The number of hydrogen-bond donors (Lipinski definition) is 1. The lowest BCUT2D eigenvalue weighted by molar-refractivity contribution is -0.135. The third-order valence-corrected chi connectivity index (χ3v) is 2.14. The Morgan fingerprint density at radius 2 is 1.81 bits per heavy atom. The molecule has 90 valence electrons. The molecule has 16 heavy (non-hydrogen) atoms. The van der Waals surface area contributed by atoms with Crippen molar-refractivity contribution >= 4 is 0 Å². The van der Waals surface area contributed by atoms with Crippen molar-refractivity contribution in [1.29, 1.82) is 0 Å². The Morgan fingerprint density at radius 1 is 1.12 bits per heavy atom. The van der Waals surface area contributed by atoms with E-state index in [1.54, 1.807) is 12.4 Å². The maximum absolute atomic E-state index is 11.8. The molecule has 5 heteroatoms. The minimum absolute atomic E-state index is 0.187. The van der Waals surface area contributed by atoms with Gasteiger partial charge in [-0.2, -0.15) is 13.2 Å². The van der Waals surface area contributed by atoms with Gasteiger partial charge in [0, 0.05) is 25.4 Å². The molecule has 0 unspecified atom stereocenters. The predicted molar refractivity (Wildman–Crippen MR) is 55.8 cm³/mol. The summed E-state index contributed by atoms with van der Waals surface area (Å²) in [5.74, 6) is 0. The summed E-state index contributed by atoms with van der Waals surface area (Å²) < 4.78 is 35.4. The number of nitrogens with zero attached hydrogens (tertiary/aromatic N) is 1. The van der Waals surface area contributed by atoms with Crippen LogP contribution in [-0.2, 0) is 6.54 Å². The monoisotopic (exact) mass is 232 g/mol. The summed E-state index contributed by atoms with van der Waals surface area (Å²) in [4.78, 5) is 3.88. The molecule has 0 radical (unpaired) electrons. The molecule has 0 amide bonds. The predicted octanol–water partition coefficient (Wildman–Crippen LogP) is 2.90. The molecule has 1 aromatic rings. The highest BCUT2D eigenvalue weighted by molar-refractivity contribution is 5.08. The van der Waals surface area contributed by atoms with Gasteiger partial charge in [-0.3, -0.25) is 4.98 Å². The second kappa shape index (κ2) is 6.48. The lowest BCUT2D eigenvalue weighted by Gasteiger charge is -2.06. The topological polar surface area (TPSA) is 24.9 Å². The highest BCUT2D eigenvalue weighted by Gasteiger charge is 2.25. The SMILES string of the molecule is FC(F)(F)CCCCNCc1ccncc1. The lowest BCUT2D eigenvalue weighted by atomic mass is 10.2. The first-order chi connectivity index (χ1) is 7.58. The largest absolute Gasteiger partial charge is 0.389 e. The lowest BCUT2D eigenvalue weighted by Crippen LogP contribution is -2.15. The smallest absolute Gasteiger partial charge is 0.313 e. The summed E-state index contributed by atoms with van der Waals surface area (Å²) in [6.45, 7) is 1.28. The van der Waals surface area contributed by atoms with Gasteiger partial charge in [-0.1, -0.05) is 0 Å². The van der Waals surface area contributed by atoms with E-state index in [0.717, 1.165) is 5.56 Å². The zero-order valence-corrected chi connectivity index (χ0v) is 8.93. The summed E-state index contributed by atoms with van der Waals surface area (Å²) in [7, 11) is 0. The van der Waals surface area contributed by atoms with Gasteiger partial charge in [0.15, 0.2) is 0 Å². The van der Waals surface area contributed by atoms with Gasteiger partial charge in [-0.25, -0.2) is 0 Å².